The summed E-state index contributed by atoms with van der Waals surface area (Å²) < 4.78 is 15.3. The molecule has 1 unspecified atom stereocenters. The monoisotopic (exact) mass is 462 g/mol. The van der Waals surface area contributed by atoms with Crippen LogP contribution in [0.25, 0.3) is 21.5 Å². The predicted octanol–water partition coefficient (Wildman–Crippen LogP) is 5.08. The van der Waals surface area contributed by atoms with E-state index in [9.17, 15) is 9.36 Å². The number of carboxylic acid groups (broad SMARTS) is 1. The summed E-state index contributed by atoms with van der Waals surface area (Å²) in [6.45, 7) is 1.90. The molecule has 8 heteroatoms. The van der Waals surface area contributed by atoms with Gasteiger partial charge in [0.25, 0.3) is 0 Å². The van der Waals surface area contributed by atoms with Crippen LogP contribution in [0.4, 0.5) is 0 Å². The number of aliphatic carboxylic acids is 1. The summed E-state index contributed by atoms with van der Waals surface area (Å²) in [6, 6.07) is 26.1. The van der Waals surface area contributed by atoms with Crippen LogP contribution >= 0.6 is 7.82 Å². The summed E-state index contributed by atoms with van der Waals surface area (Å²) in [6.07, 6.45) is 0.619. The normalized spacial score (nSPS) is 11.7. The molecule has 0 saturated carbocycles. The molecule has 0 aromatic heterocycles. The Kier molecular flexibility index (Phi) is 9.47. The van der Waals surface area contributed by atoms with E-state index < -0.39 is 19.7 Å². The second-order valence-electron chi connectivity index (χ2n) is 6.96. The van der Waals surface area contributed by atoms with Crippen LogP contribution in [0.5, 0.6) is 5.75 Å². The van der Waals surface area contributed by atoms with Crippen LogP contribution < -0.4 is 4.52 Å². The first kappa shape index (κ1) is 26.1. The van der Waals surface area contributed by atoms with Gasteiger partial charge in [0.05, 0.1) is 5.92 Å². The van der Waals surface area contributed by atoms with Gasteiger partial charge >= 0.3 is 43.3 Å². The van der Waals surface area contributed by atoms with Gasteiger partial charge < -0.3 is 9.63 Å². The standard InChI is InChI=1S/C14H14O2.C10H9O4P.Na.H/c1-2-13(14(15)16)12-8-7-10-5-3-4-6-11(10)9-12;11-15(12,13)14-10-7-3-5-8-4-1-2-6-9(8)10;;/h3-9,13H,2H2,1H3,(H,15,16);1-7H,(H2,11,12,13);;. The summed E-state index contributed by atoms with van der Waals surface area (Å²) in [7, 11) is -4.49. The Labute approximate surface area is 208 Å². The summed E-state index contributed by atoms with van der Waals surface area (Å²) in [5.41, 5.74) is 0.883. The molecule has 0 fully saturated rings. The third-order valence-corrected chi connectivity index (χ3v) is 5.28. The fraction of sp³-hybridized carbons (Fsp3) is 0.125. The number of carbonyl (C=O) groups is 1. The van der Waals surface area contributed by atoms with Gasteiger partial charge in [-0.15, -0.1) is 0 Å². The van der Waals surface area contributed by atoms with E-state index in [0.717, 1.165) is 21.7 Å². The molecular weight excluding hydrogens is 438 g/mol. The van der Waals surface area contributed by atoms with Crippen molar-refractivity contribution in [2.45, 2.75) is 19.3 Å². The van der Waals surface area contributed by atoms with Crippen LogP contribution in [0.3, 0.4) is 0 Å². The van der Waals surface area contributed by atoms with Gasteiger partial charge in [0.15, 0.2) is 0 Å². The van der Waals surface area contributed by atoms with E-state index in [1.54, 1.807) is 18.2 Å². The number of phosphoric ester groups is 1. The number of carboxylic acids is 1. The molecule has 0 amide bonds. The zero-order chi connectivity index (χ0) is 22.4. The Morgan fingerprint density at radius 3 is 2.09 bits per heavy atom. The Hall–Kier alpha value is -2.18. The van der Waals surface area contributed by atoms with Gasteiger partial charge in [-0.1, -0.05) is 85.8 Å². The SMILES string of the molecule is CCC(C(=O)O)c1ccc2ccccc2c1.O=P(O)(O)Oc1cccc2ccccc12.[NaH]. The molecule has 0 saturated heterocycles. The molecule has 0 aliphatic carbocycles. The van der Waals surface area contributed by atoms with Crippen molar-refractivity contribution < 1.29 is 28.8 Å². The molecule has 0 radical (unpaired) electrons. The predicted molar refractivity (Wildman–Crippen MR) is 128 cm³/mol. The van der Waals surface area contributed by atoms with Gasteiger partial charge in [-0.25, -0.2) is 4.57 Å². The summed E-state index contributed by atoms with van der Waals surface area (Å²) >= 11 is 0. The Morgan fingerprint density at radius 2 is 1.47 bits per heavy atom. The summed E-state index contributed by atoms with van der Waals surface area (Å²) in [5, 5.41) is 12.9. The Bertz CT molecular complexity index is 1250. The number of phosphoric acid groups is 1. The zero-order valence-electron chi connectivity index (χ0n) is 16.9. The van der Waals surface area contributed by atoms with Crippen LogP contribution in [-0.4, -0.2) is 50.4 Å². The van der Waals surface area contributed by atoms with Crippen LogP contribution in [0, 0.1) is 0 Å². The quantitative estimate of drug-likeness (QED) is 0.282. The first-order chi connectivity index (χ1) is 14.8. The van der Waals surface area contributed by atoms with E-state index in [-0.39, 0.29) is 35.3 Å². The van der Waals surface area contributed by atoms with Crippen LogP contribution in [0.2, 0.25) is 0 Å². The molecule has 0 bridgehead atoms. The van der Waals surface area contributed by atoms with E-state index in [0.29, 0.717) is 11.8 Å². The van der Waals surface area contributed by atoms with Crippen molar-refractivity contribution in [3.05, 3.63) is 90.5 Å². The maximum atomic E-state index is 11.1. The molecule has 162 valence electrons. The number of fused-ring (bicyclic) bond motifs is 2. The van der Waals surface area contributed by atoms with E-state index >= 15 is 0 Å². The first-order valence-corrected chi connectivity index (χ1v) is 11.3. The molecule has 3 N–H and O–H groups in total. The molecular formula is C24H24NaO6P. The van der Waals surface area contributed by atoms with Crippen molar-refractivity contribution in [3.63, 3.8) is 0 Å². The first-order valence-electron chi connectivity index (χ1n) is 9.73. The van der Waals surface area contributed by atoms with Crippen LogP contribution in [0.15, 0.2) is 84.9 Å². The fourth-order valence-electron chi connectivity index (χ4n) is 3.38. The molecule has 32 heavy (non-hydrogen) atoms. The van der Waals surface area contributed by atoms with Gasteiger partial charge in [-0.3, -0.25) is 14.6 Å². The van der Waals surface area contributed by atoms with Crippen molar-refractivity contribution >= 4 is 64.9 Å². The number of hydrogen-bond acceptors (Lipinski definition) is 3. The fourth-order valence-corrected chi connectivity index (χ4v) is 3.80. The van der Waals surface area contributed by atoms with Crippen molar-refractivity contribution in [2.24, 2.45) is 0 Å². The summed E-state index contributed by atoms with van der Waals surface area (Å²) in [5.74, 6) is -0.955. The molecule has 4 rings (SSSR count). The van der Waals surface area contributed by atoms with E-state index in [1.165, 1.54) is 6.07 Å². The Balaban J connectivity index is 0.000000220. The van der Waals surface area contributed by atoms with Crippen LogP contribution in [-0.2, 0) is 9.36 Å². The van der Waals surface area contributed by atoms with Gasteiger partial charge in [0, 0.05) is 5.39 Å². The average Bonchev–Trinajstić information content (AvgIpc) is 2.74. The van der Waals surface area contributed by atoms with Crippen molar-refractivity contribution in [3.8, 4) is 5.75 Å². The van der Waals surface area contributed by atoms with Gasteiger partial charge in [-0.2, -0.15) is 0 Å². The number of rotatable bonds is 5. The van der Waals surface area contributed by atoms with E-state index in [2.05, 4.69) is 4.52 Å². The van der Waals surface area contributed by atoms with E-state index in [1.807, 2.05) is 67.6 Å². The Morgan fingerprint density at radius 1 is 0.875 bits per heavy atom. The van der Waals surface area contributed by atoms with Gasteiger partial charge in [-0.05, 0) is 34.2 Å². The third kappa shape index (κ3) is 6.91. The number of hydrogen-bond donors (Lipinski definition) is 3. The molecule has 4 aromatic rings. The summed E-state index contributed by atoms with van der Waals surface area (Å²) in [4.78, 5) is 28.5. The minimum absolute atomic E-state index is 0. The molecule has 0 heterocycles. The molecule has 6 nitrogen and oxygen atoms in total. The molecule has 4 aromatic carbocycles. The molecule has 0 spiro atoms. The minimum atomic E-state index is -4.49. The second-order valence-corrected chi connectivity index (χ2v) is 8.13. The van der Waals surface area contributed by atoms with Crippen LogP contribution in [0.1, 0.15) is 24.8 Å². The zero-order valence-corrected chi connectivity index (χ0v) is 17.8. The molecule has 0 aliphatic rings. The second kappa shape index (κ2) is 11.6. The van der Waals surface area contributed by atoms with Crippen molar-refractivity contribution in [1.82, 2.24) is 0 Å². The van der Waals surface area contributed by atoms with Crippen molar-refractivity contribution in [1.29, 1.82) is 0 Å². The molecule has 0 aliphatic heterocycles. The molecule has 1 atom stereocenters. The van der Waals surface area contributed by atoms with E-state index in [4.69, 9.17) is 14.9 Å². The maximum absolute atomic E-state index is 11.1. The third-order valence-electron chi connectivity index (χ3n) is 4.85. The van der Waals surface area contributed by atoms with Crippen molar-refractivity contribution in [2.75, 3.05) is 0 Å². The van der Waals surface area contributed by atoms with Gasteiger partial charge in [0.2, 0.25) is 0 Å². The number of benzene rings is 4. The average molecular weight is 462 g/mol. The van der Waals surface area contributed by atoms with Gasteiger partial charge in [0.1, 0.15) is 5.75 Å². The topological polar surface area (TPSA) is 104 Å².